The van der Waals surface area contributed by atoms with Gasteiger partial charge in [0.1, 0.15) is 11.6 Å². The zero-order valence-electron chi connectivity index (χ0n) is 21.7. The summed E-state index contributed by atoms with van der Waals surface area (Å²) in [5.41, 5.74) is 3.85. The SMILES string of the molecule is C=CC(=O)N1CC2(CCN(c3nc(N4CCCC(CO)C4)nc(-c4c(C)ccc5[nH]ncc45)c3C#N)C2)C1. The van der Waals surface area contributed by atoms with E-state index in [1.807, 2.05) is 24.0 Å². The number of aliphatic hydroxyl groups is 1. The minimum atomic E-state index is -0.0365. The van der Waals surface area contributed by atoms with Gasteiger partial charge >= 0.3 is 0 Å². The number of fused-ring (bicyclic) bond motifs is 1. The fourth-order valence-electron chi connectivity index (χ4n) is 6.35. The molecule has 1 amide bonds. The lowest BCUT2D eigenvalue weighted by Crippen LogP contribution is -2.59. The van der Waals surface area contributed by atoms with Crippen LogP contribution in [0.2, 0.25) is 0 Å². The van der Waals surface area contributed by atoms with E-state index in [1.54, 1.807) is 6.20 Å². The molecule has 5 heterocycles. The first kappa shape index (κ1) is 24.4. The zero-order valence-corrected chi connectivity index (χ0v) is 21.7. The van der Waals surface area contributed by atoms with Crippen molar-refractivity contribution in [3.05, 3.63) is 42.1 Å². The van der Waals surface area contributed by atoms with Gasteiger partial charge in [0.2, 0.25) is 11.9 Å². The van der Waals surface area contributed by atoms with Crippen molar-refractivity contribution in [2.24, 2.45) is 11.3 Å². The fraction of sp³-hybridized carbons (Fsp3) is 0.464. The Morgan fingerprint density at radius 3 is 2.89 bits per heavy atom. The van der Waals surface area contributed by atoms with Crippen LogP contribution in [0.1, 0.15) is 30.4 Å². The standard InChI is InChI=1S/C28H32N8O2/c1-3-23(38)36-16-28(17-36)8-10-35(15-28)26-20(11-29)25(24-18(2)6-7-22-21(24)12-30-33-22)31-27(32-26)34-9-4-5-19(13-34)14-37/h3,6-7,12,19,37H,1,4-5,8-10,13-17H2,2H3,(H,30,33). The van der Waals surface area contributed by atoms with Crippen molar-refractivity contribution in [1.82, 2.24) is 25.1 Å². The van der Waals surface area contributed by atoms with E-state index >= 15 is 0 Å². The summed E-state index contributed by atoms with van der Waals surface area (Å²) >= 11 is 0. The quantitative estimate of drug-likeness (QED) is 0.500. The van der Waals surface area contributed by atoms with Crippen molar-refractivity contribution in [2.75, 3.05) is 55.7 Å². The van der Waals surface area contributed by atoms with Crippen molar-refractivity contribution in [2.45, 2.75) is 26.2 Å². The van der Waals surface area contributed by atoms with Crippen LogP contribution in [-0.4, -0.2) is 82.0 Å². The summed E-state index contributed by atoms with van der Waals surface area (Å²) in [6.07, 6.45) is 6.02. The van der Waals surface area contributed by atoms with Crippen LogP contribution in [-0.2, 0) is 4.79 Å². The van der Waals surface area contributed by atoms with Crippen LogP contribution in [0.15, 0.2) is 31.0 Å². The van der Waals surface area contributed by atoms with E-state index in [9.17, 15) is 15.2 Å². The van der Waals surface area contributed by atoms with E-state index in [4.69, 9.17) is 9.97 Å². The lowest BCUT2D eigenvalue weighted by Gasteiger charge is -2.47. The van der Waals surface area contributed by atoms with Gasteiger partial charge < -0.3 is 19.8 Å². The first-order valence-corrected chi connectivity index (χ1v) is 13.2. The number of piperidine rings is 1. The Kier molecular flexibility index (Phi) is 6.03. The van der Waals surface area contributed by atoms with Gasteiger partial charge in [-0.05, 0) is 49.8 Å². The molecule has 1 atom stereocenters. The van der Waals surface area contributed by atoms with E-state index in [0.717, 1.165) is 60.9 Å². The number of carbonyl (C=O) groups is 1. The Labute approximate surface area is 221 Å². The van der Waals surface area contributed by atoms with Crippen LogP contribution in [0, 0.1) is 29.6 Å². The molecule has 2 N–H and O–H groups in total. The molecule has 3 aromatic rings. The molecule has 1 spiro atoms. The highest BCUT2D eigenvalue weighted by Crippen LogP contribution is 2.43. The van der Waals surface area contributed by atoms with Crippen molar-refractivity contribution < 1.29 is 9.90 Å². The van der Waals surface area contributed by atoms with E-state index in [-0.39, 0.29) is 23.8 Å². The number of aromatic amines is 1. The summed E-state index contributed by atoms with van der Waals surface area (Å²) in [5, 5.41) is 28.5. The lowest BCUT2D eigenvalue weighted by atomic mass is 9.79. The first-order chi connectivity index (χ1) is 18.4. The normalized spacial score (nSPS) is 20.6. The topological polar surface area (TPSA) is 125 Å². The highest BCUT2D eigenvalue weighted by atomic mass is 16.3. The average molecular weight is 513 g/mol. The number of H-pyrrole nitrogens is 1. The molecule has 1 aromatic carbocycles. The Balaban J connectivity index is 1.45. The Morgan fingerprint density at radius 2 is 2.13 bits per heavy atom. The number of benzene rings is 1. The Bertz CT molecular complexity index is 1450. The highest BCUT2D eigenvalue weighted by Gasteiger charge is 2.49. The average Bonchev–Trinajstić information content (AvgIpc) is 3.59. The van der Waals surface area contributed by atoms with E-state index in [2.05, 4.69) is 32.6 Å². The number of hydrogen-bond donors (Lipinski definition) is 2. The summed E-state index contributed by atoms with van der Waals surface area (Å²) in [7, 11) is 0. The van der Waals surface area contributed by atoms with E-state index < -0.39 is 0 Å². The summed E-state index contributed by atoms with van der Waals surface area (Å²) in [6.45, 7) is 10.1. The highest BCUT2D eigenvalue weighted by molar-refractivity contribution is 5.97. The van der Waals surface area contributed by atoms with Gasteiger partial charge in [-0.1, -0.05) is 12.6 Å². The molecule has 38 heavy (non-hydrogen) atoms. The van der Waals surface area contributed by atoms with Gasteiger partial charge in [-0.15, -0.1) is 0 Å². The lowest BCUT2D eigenvalue weighted by molar-refractivity contribution is -0.136. The minimum Gasteiger partial charge on any atom is -0.396 e. The smallest absolute Gasteiger partial charge is 0.245 e. The minimum absolute atomic E-state index is 0.00423. The number of nitriles is 1. The molecule has 3 fully saturated rings. The Morgan fingerprint density at radius 1 is 1.29 bits per heavy atom. The second-order valence-electron chi connectivity index (χ2n) is 11.0. The van der Waals surface area contributed by atoms with Crippen LogP contribution in [0.4, 0.5) is 11.8 Å². The molecule has 196 valence electrons. The number of nitrogens with one attached hydrogen (secondary N) is 1. The monoisotopic (exact) mass is 512 g/mol. The van der Waals surface area contributed by atoms with Crippen LogP contribution >= 0.6 is 0 Å². The summed E-state index contributed by atoms with van der Waals surface area (Å²) in [6, 6.07) is 6.45. The van der Waals surface area contributed by atoms with E-state index in [0.29, 0.717) is 42.7 Å². The fourth-order valence-corrected chi connectivity index (χ4v) is 6.35. The van der Waals surface area contributed by atoms with Crippen LogP contribution in [0.3, 0.4) is 0 Å². The number of carbonyl (C=O) groups excluding carboxylic acids is 1. The molecule has 0 saturated carbocycles. The van der Waals surface area contributed by atoms with Gasteiger partial charge in [0.25, 0.3) is 0 Å². The predicted molar refractivity (Wildman–Crippen MR) is 145 cm³/mol. The van der Waals surface area contributed by atoms with Gasteiger partial charge in [-0.25, -0.2) is 4.98 Å². The number of aromatic nitrogens is 4. The third-order valence-electron chi connectivity index (χ3n) is 8.40. The number of amides is 1. The molecule has 0 radical (unpaired) electrons. The third-order valence-corrected chi connectivity index (χ3v) is 8.40. The molecular formula is C28H32N8O2. The summed E-state index contributed by atoms with van der Waals surface area (Å²) in [5.74, 6) is 1.37. The number of anilines is 2. The van der Waals surface area contributed by atoms with Gasteiger partial charge in [0, 0.05) is 62.2 Å². The van der Waals surface area contributed by atoms with Gasteiger partial charge in [0.15, 0.2) is 5.82 Å². The molecule has 0 bridgehead atoms. The van der Waals surface area contributed by atoms with Crippen LogP contribution in [0.5, 0.6) is 0 Å². The molecule has 3 saturated heterocycles. The number of aliphatic hydroxyl groups excluding tert-OH is 1. The maximum atomic E-state index is 12.1. The summed E-state index contributed by atoms with van der Waals surface area (Å²) in [4.78, 5) is 28.3. The van der Waals surface area contributed by atoms with Crippen molar-refractivity contribution in [3.8, 4) is 17.3 Å². The summed E-state index contributed by atoms with van der Waals surface area (Å²) < 4.78 is 0. The molecule has 10 heteroatoms. The van der Waals surface area contributed by atoms with Crippen molar-refractivity contribution in [3.63, 3.8) is 0 Å². The molecule has 0 aliphatic carbocycles. The van der Waals surface area contributed by atoms with Crippen molar-refractivity contribution >= 4 is 28.6 Å². The molecule has 1 unspecified atom stereocenters. The molecule has 6 rings (SSSR count). The number of likely N-dealkylation sites (tertiary alicyclic amines) is 1. The first-order valence-electron chi connectivity index (χ1n) is 13.2. The third kappa shape index (κ3) is 3.98. The second-order valence-corrected chi connectivity index (χ2v) is 11.0. The Hall–Kier alpha value is -3.97. The van der Waals surface area contributed by atoms with E-state index in [1.165, 1.54) is 6.08 Å². The molecule has 3 aliphatic rings. The van der Waals surface area contributed by atoms with Crippen molar-refractivity contribution in [1.29, 1.82) is 5.26 Å². The van der Waals surface area contributed by atoms with Crippen LogP contribution in [0.25, 0.3) is 22.2 Å². The van der Waals surface area contributed by atoms with Gasteiger partial charge in [-0.2, -0.15) is 15.3 Å². The van der Waals surface area contributed by atoms with Gasteiger partial charge in [-0.3, -0.25) is 9.89 Å². The zero-order chi connectivity index (χ0) is 26.4. The number of nitrogens with zero attached hydrogens (tertiary/aromatic N) is 7. The molecular weight excluding hydrogens is 480 g/mol. The van der Waals surface area contributed by atoms with Gasteiger partial charge in [0.05, 0.1) is 17.4 Å². The molecule has 2 aromatic heterocycles. The molecule has 10 nitrogen and oxygen atoms in total. The number of hydrogen-bond acceptors (Lipinski definition) is 8. The largest absolute Gasteiger partial charge is 0.396 e. The number of aryl methyl sites for hydroxylation is 1. The maximum absolute atomic E-state index is 12.1. The van der Waals surface area contributed by atoms with Crippen LogP contribution < -0.4 is 9.80 Å². The molecule has 3 aliphatic heterocycles. The predicted octanol–water partition coefficient (Wildman–Crippen LogP) is 2.63. The maximum Gasteiger partial charge on any atom is 0.245 e. The number of rotatable bonds is 5. The second kappa shape index (κ2) is 9.40.